The van der Waals surface area contributed by atoms with Crippen molar-refractivity contribution < 1.29 is 144 Å². The van der Waals surface area contributed by atoms with E-state index >= 15 is 0 Å². The smallest absolute Gasteiger partial charge is 0.187 e. The van der Waals surface area contributed by atoms with E-state index in [-0.39, 0.29) is 35.5 Å². The van der Waals surface area contributed by atoms with Crippen LogP contribution in [-0.2, 0) is 47.4 Å². The summed E-state index contributed by atoms with van der Waals surface area (Å²) >= 11 is 0. The molecule has 3 saturated carbocycles. The van der Waals surface area contributed by atoms with Crippen LogP contribution in [0.3, 0.4) is 0 Å². The molecule has 4 aliphatic carbocycles. The number of allylic oxidation sites excluding steroid dienone is 1. The summed E-state index contributed by atoms with van der Waals surface area (Å²) in [5.74, 6) is -0.0172. The first-order valence-electron chi connectivity index (χ1n) is 31.6. The van der Waals surface area contributed by atoms with Gasteiger partial charge in [-0.3, -0.25) is 0 Å². The third-order valence-corrected chi connectivity index (χ3v) is 22.9. The Morgan fingerprint density at radius 3 is 1.52 bits per heavy atom. The summed E-state index contributed by atoms with van der Waals surface area (Å²) in [6, 6.07) is 0. The summed E-state index contributed by atoms with van der Waals surface area (Å²) < 4.78 is 59.5. The number of hydrogen-bond donors (Lipinski definition) is 19. The van der Waals surface area contributed by atoms with Gasteiger partial charge in [0.25, 0.3) is 0 Å². The van der Waals surface area contributed by atoms with E-state index in [1.165, 1.54) is 13.8 Å². The lowest BCUT2D eigenvalue weighted by molar-refractivity contribution is -0.380. The Balaban J connectivity index is 0.884. The number of rotatable bonds is 20. The molecule has 29 heteroatoms. The zero-order chi connectivity index (χ0) is 65.5. The Morgan fingerprint density at radius 1 is 0.517 bits per heavy atom. The maximum atomic E-state index is 12.8. The predicted molar refractivity (Wildman–Crippen MR) is 300 cm³/mol. The second kappa shape index (κ2) is 27.6. The molecule has 5 saturated heterocycles. The van der Waals surface area contributed by atoms with Crippen molar-refractivity contribution in [3.05, 3.63) is 11.6 Å². The predicted octanol–water partition coefficient (Wildman–Crippen LogP) is -5.41. The molecule has 0 bridgehead atoms. The van der Waals surface area contributed by atoms with Gasteiger partial charge in [-0.1, -0.05) is 53.2 Å². The molecule has 8 fully saturated rings. The number of aliphatic hydroxyl groups excluding tert-OH is 18. The van der Waals surface area contributed by atoms with Crippen molar-refractivity contribution in [2.45, 2.75) is 284 Å². The van der Waals surface area contributed by atoms with Crippen LogP contribution in [0.2, 0.25) is 0 Å². The van der Waals surface area contributed by atoms with Crippen LogP contribution in [0.4, 0.5) is 0 Å². The monoisotopic (exact) mass is 1290 g/mol. The first kappa shape index (κ1) is 71.9. The molecule has 15 unspecified atom stereocenters. The first-order valence-corrected chi connectivity index (χ1v) is 31.6. The third kappa shape index (κ3) is 13.0. The molecule has 0 amide bonds. The minimum atomic E-state index is -1.96. The van der Waals surface area contributed by atoms with Crippen LogP contribution in [0.1, 0.15) is 107 Å². The molecule has 0 aromatic rings. The molecular weight excluding hydrogens is 1180 g/mol. The highest BCUT2D eigenvalue weighted by Crippen LogP contribution is 2.75. The summed E-state index contributed by atoms with van der Waals surface area (Å²) in [6.07, 6.45) is -37.7. The standard InChI is InChI=1S/C60H102O29/c1-23(9-13-35(57(4,5)79)87-55-50(89-54-47(77)42(72)38(68)29(20-63)83-54)43(73)39(69)31(85-55)22-80-51-45(75)40(70)36(66)27(18-61)81-51)24-15-16-58(6)32-12-10-25-26(60(32,8)33(65)17-59(24,58)7)11-14-34(56(25,2)3)86-52-48(78)44(74)49(30(21-64)84-52)88-53-46(76)41(71)37(67)28(19-62)82-53/h10,23-24,26-55,61-79H,9,11-22H2,1-8H3/t23-,24-,26-,27+,28?,29?,30?,31?,32+,33-,34+,35-,36?,37-,38-,39-,40?,41?,42?,43?,44?,45?,46?,47?,48?,49-,50?,51-,52+,53+,54+,55+,58+,59-,60+/m1/s1. The van der Waals surface area contributed by atoms with Gasteiger partial charge >= 0.3 is 0 Å². The van der Waals surface area contributed by atoms with Crippen LogP contribution < -0.4 is 0 Å². The summed E-state index contributed by atoms with van der Waals surface area (Å²) in [5.41, 5.74) is -2.49. The Morgan fingerprint density at radius 2 is 0.978 bits per heavy atom. The molecule has 9 rings (SSSR count). The lowest BCUT2D eigenvalue weighted by Crippen LogP contribution is -2.66. The molecule has 5 aliphatic heterocycles. The molecule has 0 aromatic carbocycles. The Hall–Kier alpha value is -1.42. The normalized spacial score (nSPS) is 51.8. The summed E-state index contributed by atoms with van der Waals surface area (Å²) in [7, 11) is 0. The molecule has 19 N–H and O–H groups in total. The van der Waals surface area contributed by atoms with E-state index in [0.29, 0.717) is 32.1 Å². The van der Waals surface area contributed by atoms with E-state index in [0.717, 1.165) is 18.4 Å². The van der Waals surface area contributed by atoms with Crippen LogP contribution in [0.5, 0.6) is 0 Å². The zero-order valence-corrected chi connectivity index (χ0v) is 51.8. The molecule has 35 atom stereocenters. The van der Waals surface area contributed by atoms with Crippen molar-refractivity contribution in [3.8, 4) is 0 Å². The van der Waals surface area contributed by atoms with Gasteiger partial charge in [-0.15, -0.1) is 0 Å². The maximum Gasteiger partial charge on any atom is 0.187 e. The number of hydrogen-bond acceptors (Lipinski definition) is 29. The van der Waals surface area contributed by atoms with Gasteiger partial charge in [-0.2, -0.15) is 0 Å². The fourth-order valence-electron chi connectivity index (χ4n) is 17.1. The lowest BCUT2D eigenvalue weighted by Gasteiger charge is -2.67. The molecule has 89 heavy (non-hydrogen) atoms. The molecule has 0 radical (unpaired) electrons. The van der Waals surface area contributed by atoms with Crippen molar-refractivity contribution in [2.24, 2.45) is 45.3 Å². The van der Waals surface area contributed by atoms with Crippen LogP contribution in [0, 0.1) is 45.3 Å². The third-order valence-electron chi connectivity index (χ3n) is 22.9. The zero-order valence-electron chi connectivity index (χ0n) is 51.8. The van der Waals surface area contributed by atoms with E-state index in [1.54, 1.807) is 0 Å². The summed E-state index contributed by atoms with van der Waals surface area (Å²) in [5, 5.41) is 205. The van der Waals surface area contributed by atoms with E-state index in [9.17, 15) is 97.0 Å². The molecule has 9 aliphatic rings. The van der Waals surface area contributed by atoms with Crippen molar-refractivity contribution in [2.75, 3.05) is 33.0 Å². The van der Waals surface area contributed by atoms with Gasteiger partial charge in [-0.05, 0) is 99.7 Å². The minimum Gasteiger partial charge on any atom is -0.394 e. The summed E-state index contributed by atoms with van der Waals surface area (Å²) in [4.78, 5) is 0. The molecule has 516 valence electrons. The molecule has 0 aromatic heterocycles. The van der Waals surface area contributed by atoms with Crippen molar-refractivity contribution >= 4 is 0 Å². The van der Waals surface area contributed by atoms with Gasteiger partial charge in [0.1, 0.15) is 122 Å². The fourth-order valence-corrected chi connectivity index (χ4v) is 17.1. The van der Waals surface area contributed by atoms with E-state index in [2.05, 4.69) is 33.8 Å². The Kier molecular flexibility index (Phi) is 22.3. The van der Waals surface area contributed by atoms with E-state index in [4.69, 9.17) is 47.4 Å². The largest absolute Gasteiger partial charge is 0.394 e. The van der Waals surface area contributed by atoms with Gasteiger partial charge in [0.15, 0.2) is 31.5 Å². The topological polar surface area (TPSA) is 477 Å². The SMILES string of the molecule is C[C@H](CC[C@@H](O[C@@H]1OC(CO[C@@H]2O[C@@H](CO)C(O)C(O)C2O)[C@@H](O)C(O)C1O[C@@H]1OC(CO)[C@@H](O)C(O)C1O)C(C)(C)O)[C@H]1CC[C@@]2(C)[C@@H]3CC=C4[C@@H](CC[C@H](O[C@@H]5OC(CO)[C@@H](O[C@@H]6OC(CO)[C@@H](O)C(O)C6O)C(O)C5O)C4(C)C)[C@]3(C)[C@H](O)C[C@]12C. The molecular formula is C60H102O29. The van der Waals surface area contributed by atoms with E-state index < -0.39 is 227 Å². The van der Waals surface area contributed by atoms with Crippen LogP contribution in [-0.4, -0.2) is 308 Å². The number of ether oxygens (including phenoxy) is 10. The first-order chi connectivity index (χ1) is 41.7. The second-order valence-corrected chi connectivity index (χ2v) is 28.7. The van der Waals surface area contributed by atoms with Crippen LogP contribution >= 0.6 is 0 Å². The van der Waals surface area contributed by atoms with Gasteiger partial charge in [-0.25, -0.2) is 0 Å². The second-order valence-electron chi connectivity index (χ2n) is 28.7. The van der Waals surface area contributed by atoms with Gasteiger partial charge in [0.05, 0.1) is 56.9 Å². The van der Waals surface area contributed by atoms with Crippen molar-refractivity contribution in [1.82, 2.24) is 0 Å². The maximum absolute atomic E-state index is 12.8. The molecule has 0 spiro atoms. The van der Waals surface area contributed by atoms with Gasteiger partial charge in [0.2, 0.25) is 0 Å². The van der Waals surface area contributed by atoms with Gasteiger partial charge in [0, 0.05) is 10.8 Å². The average molecular weight is 1290 g/mol. The Bertz CT molecular complexity index is 2340. The van der Waals surface area contributed by atoms with Crippen LogP contribution in [0.15, 0.2) is 11.6 Å². The molecule has 5 heterocycles. The lowest BCUT2D eigenvalue weighted by atomic mass is 9.38. The van der Waals surface area contributed by atoms with Gasteiger partial charge < -0.3 is 144 Å². The number of aliphatic hydroxyl groups is 19. The molecule has 29 nitrogen and oxygen atoms in total. The fraction of sp³-hybridized carbons (Fsp3) is 0.967. The van der Waals surface area contributed by atoms with Crippen LogP contribution in [0.25, 0.3) is 0 Å². The quantitative estimate of drug-likeness (QED) is 0.0506. The number of fused-ring (bicyclic) bond motifs is 5. The van der Waals surface area contributed by atoms with Crippen molar-refractivity contribution in [1.29, 1.82) is 0 Å². The Labute approximate surface area is 517 Å². The highest BCUT2D eigenvalue weighted by molar-refractivity contribution is 5.32. The van der Waals surface area contributed by atoms with E-state index in [1.807, 2.05) is 13.8 Å². The average Bonchev–Trinajstić information content (AvgIpc) is 1.66. The highest BCUT2D eigenvalue weighted by atomic mass is 16.8. The highest BCUT2D eigenvalue weighted by Gasteiger charge is 2.71. The minimum absolute atomic E-state index is 0.0310. The van der Waals surface area contributed by atoms with Crippen molar-refractivity contribution in [3.63, 3.8) is 0 Å². The summed E-state index contributed by atoms with van der Waals surface area (Å²) in [6.45, 7) is 12.3.